The van der Waals surface area contributed by atoms with Gasteiger partial charge in [-0.25, -0.2) is 9.07 Å². The van der Waals surface area contributed by atoms with Gasteiger partial charge in [-0.15, -0.1) is 0 Å². The molecule has 2 heterocycles. The Morgan fingerprint density at radius 2 is 2.00 bits per heavy atom. The van der Waals surface area contributed by atoms with Gasteiger partial charge in [-0.1, -0.05) is 12.1 Å². The highest BCUT2D eigenvalue weighted by molar-refractivity contribution is 5.80. The van der Waals surface area contributed by atoms with Crippen LogP contribution in [0.5, 0.6) is 0 Å². The van der Waals surface area contributed by atoms with Gasteiger partial charge in [0, 0.05) is 17.1 Å². The molecule has 3 rings (SSSR count). The lowest BCUT2D eigenvalue weighted by Gasteiger charge is -2.18. The maximum absolute atomic E-state index is 14.0. The van der Waals surface area contributed by atoms with Crippen LogP contribution >= 0.6 is 0 Å². The van der Waals surface area contributed by atoms with Crippen molar-refractivity contribution in [3.8, 4) is 5.69 Å². The molecule has 4 nitrogen and oxygen atoms in total. The molecule has 0 aliphatic carbocycles. The van der Waals surface area contributed by atoms with Gasteiger partial charge >= 0.3 is 0 Å². The lowest BCUT2D eigenvalue weighted by molar-refractivity contribution is 0.0782. The quantitative estimate of drug-likeness (QED) is 0.779. The summed E-state index contributed by atoms with van der Waals surface area (Å²) in [6.45, 7) is 3.35. The van der Waals surface area contributed by atoms with E-state index in [1.54, 1.807) is 50.6 Å². The molecule has 20 heavy (non-hydrogen) atoms. The highest BCUT2D eigenvalue weighted by Crippen LogP contribution is 2.24. The predicted molar refractivity (Wildman–Crippen MR) is 74.1 cm³/mol. The van der Waals surface area contributed by atoms with E-state index in [4.69, 9.17) is 0 Å². The zero-order valence-corrected chi connectivity index (χ0v) is 11.2. The summed E-state index contributed by atoms with van der Waals surface area (Å²) in [4.78, 5) is 4.10. The Morgan fingerprint density at radius 3 is 2.75 bits per heavy atom. The molecule has 0 saturated carbocycles. The van der Waals surface area contributed by atoms with Crippen LogP contribution in [0.3, 0.4) is 0 Å². The van der Waals surface area contributed by atoms with Crippen LogP contribution in [0.15, 0.2) is 42.9 Å². The van der Waals surface area contributed by atoms with Gasteiger partial charge < -0.3 is 5.11 Å². The fourth-order valence-electron chi connectivity index (χ4n) is 2.11. The van der Waals surface area contributed by atoms with Gasteiger partial charge in [0.15, 0.2) is 0 Å². The topological polar surface area (TPSA) is 50.9 Å². The molecule has 1 aromatic carbocycles. The molecule has 0 radical (unpaired) electrons. The van der Waals surface area contributed by atoms with Crippen LogP contribution in [0.25, 0.3) is 16.6 Å². The highest BCUT2D eigenvalue weighted by Gasteiger charge is 2.18. The second kappa shape index (κ2) is 4.38. The molecule has 0 atom stereocenters. The number of fused-ring (bicyclic) bond motifs is 1. The van der Waals surface area contributed by atoms with Crippen molar-refractivity contribution >= 4 is 10.9 Å². The largest absolute Gasteiger partial charge is 0.386 e. The molecule has 102 valence electrons. The Balaban J connectivity index is 2.22. The second-order valence-electron chi connectivity index (χ2n) is 5.22. The summed E-state index contributed by atoms with van der Waals surface area (Å²) in [5, 5.41) is 15.0. The van der Waals surface area contributed by atoms with Crippen molar-refractivity contribution in [2.45, 2.75) is 19.4 Å². The third-order valence-corrected chi connectivity index (χ3v) is 3.22. The van der Waals surface area contributed by atoms with Crippen molar-refractivity contribution in [2.24, 2.45) is 0 Å². The molecular weight excluding hydrogens is 257 g/mol. The zero-order chi connectivity index (χ0) is 14.3. The number of halogens is 1. The fraction of sp³-hybridized carbons (Fsp3) is 0.200. The number of nitrogens with zero attached hydrogens (tertiary/aromatic N) is 3. The van der Waals surface area contributed by atoms with Gasteiger partial charge in [0.25, 0.3) is 0 Å². The summed E-state index contributed by atoms with van der Waals surface area (Å²) in [7, 11) is 0. The summed E-state index contributed by atoms with van der Waals surface area (Å²) in [6.07, 6.45) is 4.79. The van der Waals surface area contributed by atoms with E-state index in [0.717, 1.165) is 5.39 Å². The Bertz CT molecular complexity index is 774. The van der Waals surface area contributed by atoms with Crippen molar-refractivity contribution in [1.82, 2.24) is 14.8 Å². The van der Waals surface area contributed by atoms with Crippen LogP contribution < -0.4 is 0 Å². The first-order chi connectivity index (χ1) is 9.47. The highest BCUT2D eigenvalue weighted by atomic mass is 19.1. The first-order valence-corrected chi connectivity index (χ1v) is 6.27. The van der Waals surface area contributed by atoms with E-state index in [0.29, 0.717) is 16.8 Å². The molecule has 0 saturated heterocycles. The average Bonchev–Trinajstić information content (AvgIpc) is 2.83. The molecule has 2 aromatic heterocycles. The van der Waals surface area contributed by atoms with E-state index in [-0.39, 0.29) is 5.82 Å². The molecule has 3 aromatic rings. The van der Waals surface area contributed by atoms with Crippen molar-refractivity contribution in [1.29, 1.82) is 0 Å². The standard InChI is InChI=1S/C15H14FN3O/c1-15(2,20)11-6-12(9-17-8-11)19-14-10(7-18-19)4-3-5-13(14)16/h3-9,20H,1-2H3. The molecule has 0 amide bonds. The third-order valence-electron chi connectivity index (χ3n) is 3.22. The van der Waals surface area contributed by atoms with Crippen molar-refractivity contribution < 1.29 is 9.50 Å². The number of hydrogen-bond donors (Lipinski definition) is 1. The first kappa shape index (κ1) is 12.7. The number of hydrogen-bond acceptors (Lipinski definition) is 3. The molecule has 0 aliphatic heterocycles. The van der Waals surface area contributed by atoms with Crippen molar-refractivity contribution in [3.63, 3.8) is 0 Å². The molecular formula is C15H14FN3O. The van der Waals surface area contributed by atoms with Gasteiger partial charge in [-0.2, -0.15) is 5.10 Å². The minimum atomic E-state index is -1.01. The molecule has 1 N–H and O–H groups in total. The summed E-state index contributed by atoms with van der Waals surface area (Å²) < 4.78 is 15.5. The van der Waals surface area contributed by atoms with Crippen LogP contribution in [0.4, 0.5) is 4.39 Å². The number of aromatic nitrogens is 3. The SMILES string of the molecule is CC(C)(O)c1cncc(-n2ncc3cccc(F)c32)c1. The Hall–Kier alpha value is -2.27. The average molecular weight is 271 g/mol. The number of para-hydroxylation sites is 1. The summed E-state index contributed by atoms with van der Waals surface area (Å²) in [5.74, 6) is -0.339. The normalized spacial score (nSPS) is 12.0. The van der Waals surface area contributed by atoms with E-state index in [9.17, 15) is 9.50 Å². The fourth-order valence-corrected chi connectivity index (χ4v) is 2.11. The van der Waals surface area contributed by atoms with Crippen LogP contribution in [-0.2, 0) is 5.60 Å². The van der Waals surface area contributed by atoms with Gasteiger partial charge in [-0.3, -0.25) is 4.98 Å². The monoisotopic (exact) mass is 271 g/mol. The van der Waals surface area contributed by atoms with E-state index in [1.807, 2.05) is 0 Å². The molecule has 0 aliphatic rings. The predicted octanol–water partition coefficient (Wildman–Crippen LogP) is 2.79. The molecule has 0 fully saturated rings. The van der Waals surface area contributed by atoms with E-state index in [1.165, 1.54) is 10.7 Å². The Labute approximate surface area is 115 Å². The lowest BCUT2D eigenvalue weighted by Crippen LogP contribution is -2.16. The number of benzene rings is 1. The smallest absolute Gasteiger partial charge is 0.149 e. The van der Waals surface area contributed by atoms with Crippen molar-refractivity contribution in [3.05, 3.63) is 54.2 Å². The summed E-state index contributed by atoms with van der Waals surface area (Å²) in [5.41, 5.74) is 0.659. The Morgan fingerprint density at radius 1 is 1.20 bits per heavy atom. The van der Waals surface area contributed by atoms with Crippen LogP contribution in [-0.4, -0.2) is 19.9 Å². The van der Waals surface area contributed by atoms with Crippen molar-refractivity contribution in [2.75, 3.05) is 0 Å². The summed E-state index contributed by atoms with van der Waals surface area (Å²) >= 11 is 0. The molecule has 0 bridgehead atoms. The van der Waals surface area contributed by atoms with E-state index < -0.39 is 5.60 Å². The van der Waals surface area contributed by atoms with E-state index >= 15 is 0 Å². The van der Waals surface area contributed by atoms with Gasteiger partial charge in [-0.05, 0) is 26.0 Å². The van der Waals surface area contributed by atoms with Crippen LogP contribution in [0.2, 0.25) is 0 Å². The van der Waals surface area contributed by atoms with Gasteiger partial charge in [0.1, 0.15) is 11.3 Å². The molecule has 0 unspecified atom stereocenters. The first-order valence-electron chi connectivity index (χ1n) is 6.27. The molecule has 0 spiro atoms. The number of pyridine rings is 1. The number of aliphatic hydroxyl groups is 1. The minimum Gasteiger partial charge on any atom is -0.386 e. The Kier molecular flexibility index (Phi) is 2.79. The zero-order valence-electron chi connectivity index (χ0n) is 11.2. The van der Waals surface area contributed by atoms with Crippen LogP contribution in [0, 0.1) is 5.82 Å². The third kappa shape index (κ3) is 2.06. The molecule has 5 heteroatoms. The second-order valence-corrected chi connectivity index (χ2v) is 5.22. The van der Waals surface area contributed by atoms with Gasteiger partial charge in [0.2, 0.25) is 0 Å². The van der Waals surface area contributed by atoms with Crippen LogP contribution in [0.1, 0.15) is 19.4 Å². The maximum Gasteiger partial charge on any atom is 0.149 e. The lowest BCUT2D eigenvalue weighted by atomic mass is 10.0. The van der Waals surface area contributed by atoms with E-state index in [2.05, 4.69) is 10.1 Å². The maximum atomic E-state index is 14.0. The number of rotatable bonds is 2. The minimum absolute atomic E-state index is 0.339. The van der Waals surface area contributed by atoms with Gasteiger partial charge in [0.05, 0.1) is 23.7 Å². The summed E-state index contributed by atoms with van der Waals surface area (Å²) in [6, 6.07) is 6.60.